The van der Waals surface area contributed by atoms with Gasteiger partial charge in [-0.1, -0.05) is 45.0 Å². The molecule has 1 N–H and O–H groups in total. The van der Waals surface area contributed by atoms with Crippen molar-refractivity contribution in [3.05, 3.63) is 47.3 Å². The van der Waals surface area contributed by atoms with E-state index in [4.69, 9.17) is 0 Å². The largest absolute Gasteiger partial charge is 0.336 e. The zero-order valence-corrected chi connectivity index (χ0v) is 12.3. The van der Waals surface area contributed by atoms with Gasteiger partial charge in [0.05, 0.1) is 6.20 Å². The Labute approximate surface area is 119 Å². The number of hydrogen-bond acceptors (Lipinski definition) is 3. The molecule has 0 aliphatic rings. The van der Waals surface area contributed by atoms with Crippen molar-refractivity contribution in [1.82, 2.24) is 20.3 Å². The molecule has 1 amide bonds. The highest BCUT2D eigenvalue weighted by molar-refractivity contribution is 5.91. The summed E-state index contributed by atoms with van der Waals surface area (Å²) >= 11 is 0. The lowest BCUT2D eigenvalue weighted by molar-refractivity contribution is 0.0779. The van der Waals surface area contributed by atoms with Crippen LogP contribution in [0.2, 0.25) is 0 Å². The van der Waals surface area contributed by atoms with Crippen molar-refractivity contribution in [1.29, 1.82) is 0 Å². The van der Waals surface area contributed by atoms with Crippen molar-refractivity contribution in [3.8, 4) is 0 Å². The predicted molar refractivity (Wildman–Crippen MR) is 77.3 cm³/mol. The highest BCUT2D eigenvalue weighted by Gasteiger charge is 2.16. The van der Waals surface area contributed by atoms with Crippen molar-refractivity contribution in [3.63, 3.8) is 0 Å². The second kappa shape index (κ2) is 5.45. The van der Waals surface area contributed by atoms with Crippen LogP contribution in [0.5, 0.6) is 0 Å². The quantitative estimate of drug-likeness (QED) is 0.933. The fourth-order valence-corrected chi connectivity index (χ4v) is 1.96. The Morgan fingerprint density at radius 1 is 1.25 bits per heavy atom. The van der Waals surface area contributed by atoms with E-state index in [1.165, 1.54) is 11.8 Å². The third kappa shape index (κ3) is 3.23. The average molecular weight is 272 g/mol. The summed E-state index contributed by atoms with van der Waals surface area (Å²) in [6, 6.07) is 8.35. The number of nitrogens with one attached hydrogen (secondary N) is 1. The van der Waals surface area contributed by atoms with Crippen LogP contribution in [0, 0.1) is 0 Å². The third-order valence-corrected chi connectivity index (χ3v) is 3.22. The van der Waals surface area contributed by atoms with Crippen molar-refractivity contribution in [2.75, 3.05) is 7.05 Å². The lowest BCUT2D eigenvalue weighted by atomic mass is 9.87. The zero-order valence-electron chi connectivity index (χ0n) is 12.3. The van der Waals surface area contributed by atoms with E-state index in [9.17, 15) is 4.79 Å². The Kier molecular flexibility index (Phi) is 3.88. The van der Waals surface area contributed by atoms with Gasteiger partial charge in [0, 0.05) is 13.6 Å². The average Bonchev–Trinajstić information content (AvgIpc) is 2.91. The van der Waals surface area contributed by atoms with E-state index in [1.54, 1.807) is 11.9 Å². The number of hydrogen-bond donors (Lipinski definition) is 1. The molecule has 0 unspecified atom stereocenters. The second-order valence-corrected chi connectivity index (χ2v) is 5.96. The minimum atomic E-state index is -0.140. The maximum absolute atomic E-state index is 12.0. The molecular weight excluding hydrogens is 252 g/mol. The van der Waals surface area contributed by atoms with Gasteiger partial charge >= 0.3 is 0 Å². The Morgan fingerprint density at radius 2 is 1.90 bits per heavy atom. The number of benzene rings is 1. The van der Waals surface area contributed by atoms with Crippen molar-refractivity contribution in [2.24, 2.45) is 0 Å². The van der Waals surface area contributed by atoms with E-state index in [-0.39, 0.29) is 11.3 Å². The van der Waals surface area contributed by atoms with Gasteiger partial charge in [-0.25, -0.2) is 0 Å². The molecule has 0 saturated carbocycles. The molecule has 5 heteroatoms. The lowest BCUT2D eigenvalue weighted by Gasteiger charge is -2.20. The standard InChI is InChI=1S/C15H20N4O/c1-15(2,3)12-7-5-11(6-8-12)10-19(4)14(20)13-9-16-18-17-13/h5-9H,10H2,1-4H3,(H,16,17,18). The fraction of sp³-hybridized carbons (Fsp3) is 0.400. The Morgan fingerprint density at radius 3 is 2.40 bits per heavy atom. The molecule has 1 aromatic heterocycles. The monoisotopic (exact) mass is 272 g/mol. The number of aromatic nitrogens is 3. The van der Waals surface area contributed by atoms with Crippen LogP contribution in [0.25, 0.3) is 0 Å². The first-order valence-electron chi connectivity index (χ1n) is 6.58. The van der Waals surface area contributed by atoms with Crippen LogP contribution in [0.1, 0.15) is 42.4 Å². The normalized spacial score (nSPS) is 11.4. The summed E-state index contributed by atoms with van der Waals surface area (Å²) in [5.41, 5.74) is 2.85. The lowest BCUT2D eigenvalue weighted by Crippen LogP contribution is -2.26. The smallest absolute Gasteiger partial charge is 0.276 e. The maximum Gasteiger partial charge on any atom is 0.276 e. The first kappa shape index (κ1) is 14.2. The molecule has 0 aliphatic carbocycles. The fourth-order valence-electron chi connectivity index (χ4n) is 1.96. The van der Waals surface area contributed by atoms with Gasteiger partial charge in [-0.15, -0.1) is 0 Å². The van der Waals surface area contributed by atoms with Crippen LogP contribution in [0.15, 0.2) is 30.5 Å². The van der Waals surface area contributed by atoms with Gasteiger partial charge in [0.25, 0.3) is 5.91 Å². The first-order valence-corrected chi connectivity index (χ1v) is 6.58. The van der Waals surface area contributed by atoms with Gasteiger partial charge in [-0.2, -0.15) is 15.4 Å². The number of carbonyl (C=O) groups excluding carboxylic acids is 1. The number of carbonyl (C=O) groups is 1. The summed E-state index contributed by atoms with van der Waals surface area (Å²) in [5.74, 6) is -0.140. The number of aromatic amines is 1. The van der Waals surface area contributed by atoms with Crippen LogP contribution < -0.4 is 0 Å². The van der Waals surface area contributed by atoms with E-state index in [0.717, 1.165) is 5.56 Å². The summed E-state index contributed by atoms with van der Waals surface area (Å²) in [5, 5.41) is 9.89. The summed E-state index contributed by atoms with van der Waals surface area (Å²) in [7, 11) is 1.76. The SMILES string of the molecule is CN(Cc1ccc(C(C)(C)C)cc1)C(=O)c1cn[nH]n1. The molecule has 0 fully saturated rings. The highest BCUT2D eigenvalue weighted by atomic mass is 16.2. The summed E-state index contributed by atoms with van der Waals surface area (Å²) in [4.78, 5) is 13.7. The molecule has 0 radical (unpaired) electrons. The van der Waals surface area contributed by atoms with Crippen molar-refractivity contribution in [2.45, 2.75) is 32.7 Å². The highest BCUT2D eigenvalue weighted by Crippen LogP contribution is 2.22. The van der Waals surface area contributed by atoms with Gasteiger partial charge in [0.2, 0.25) is 0 Å². The van der Waals surface area contributed by atoms with Gasteiger partial charge in [0.1, 0.15) is 0 Å². The molecule has 5 nitrogen and oxygen atoms in total. The molecule has 0 spiro atoms. The molecule has 1 aromatic carbocycles. The predicted octanol–water partition coefficient (Wildman–Crippen LogP) is 2.37. The van der Waals surface area contributed by atoms with Gasteiger partial charge < -0.3 is 4.90 Å². The van der Waals surface area contributed by atoms with Crippen LogP contribution in [0.3, 0.4) is 0 Å². The minimum absolute atomic E-state index is 0.140. The summed E-state index contributed by atoms with van der Waals surface area (Å²) in [6.45, 7) is 7.10. The maximum atomic E-state index is 12.0. The van der Waals surface area contributed by atoms with Crippen molar-refractivity contribution < 1.29 is 4.79 Å². The van der Waals surface area contributed by atoms with E-state index in [0.29, 0.717) is 12.2 Å². The Bertz CT molecular complexity index is 567. The summed E-state index contributed by atoms with van der Waals surface area (Å²) < 4.78 is 0. The second-order valence-electron chi connectivity index (χ2n) is 5.96. The Balaban J connectivity index is 2.05. The topological polar surface area (TPSA) is 61.9 Å². The number of nitrogens with zero attached hydrogens (tertiary/aromatic N) is 3. The molecule has 0 atom stereocenters. The molecule has 0 aliphatic heterocycles. The first-order chi connectivity index (χ1) is 9.38. The van der Waals surface area contributed by atoms with Crippen LogP contribution in [0.4, 0.5) is 0 Å². The molecular formula is C15H20N4O. The zero-order chi connectivity index (χ0) is 14.8. The number of H-pyrrole nitrogens is 1. The third-order valence-electron chi connectivity index (χ3n) is 3.22. The van der Waals surface area contributed by atoms with Gasteiger partial charge in [-0.3, -0.25) is 4.79 Å². The number of amides is 1. The van der Waals surface area contributed by atoms with Crippen molar-refractivity contribution >= 4 is 5.91 Å². The van der Waals surface area contributed by atoms with Gasteiger partial charge in [-0.05, 0) is 16.5 Å². The summed E-state index contributed by atoms with van der Waals surface area (Å²) in [6.07, 6.45) is 1.43. The molecule has 0 bridgehead atoms. The molecule has 0 saturated heterocycles. The molecule has 106 valence electrons. The van der Waals surface area contributed by atoms with E-state index in [1.807, 2.05) is 0 Å². The van der Waals surface area contributed by atoms with Crippen LogP contribution in [-0.2, 0) is 12.0 Å². The van der Waals surface area contributed by atoms with E-state index in [2.05, 4.69) is 60.4 Å². The molecule has 1 heterocycles. The van der Waals surface area contributed by atoms with E-state index >= 15 is 0 Å². The van der Waals surface area contributed by atoms with E-state index < -0.39 is 0 Å². The molecule has 20 heavy (non-hydrogen) atoms. The molecule has 2 rings (SSSR count). The number of rotatable bonds is 3. The van der Waals surface area contributed by atoms with Gasteiger partial charge in [0.15, 0.2) is 5.69 Å². The molecule has 2 aromatic rings. The van der Waals surface area contributed by atoms with Crippen LogP contribution >= 0.6 is 0 Å². The minimum Gasteiger partial charge on any atom is -0.336 e. The van der Waals surface area contributed by atoms with Crippen LogP contribution in [-0.4, -0.2) is 33.3 Å². The Hall–Kier alpha value is -2.17.